The highest BCUT2D eigenvalue weighted by Gasteiger charge is 2.42. The van der Waals surface area contributed by atoms with Crippen molar-refractivity contribution in [3.05, 3.63) is 134 Å². The van der Waals surface area contributed by atoms with Crippen LogP contribution in [0.1, 0.15) is 49.4 Å². The molecule has 0 aromatic heterocycles. The highest BCUT2D eigenvalue weighted by Crippen LogP contribution is 2.40. The van der Waals surface area contributed by atoms with Gasteiger partial charge in [0.25, 0.3) is 5.69 Å². The molecule has 5 rings (SSSR count). The highest BCUT2D eigenvalue weighted by molar-refractivity contribution is 6.00. The lowest BCUT2D eigenvalue weighted by atomic mass is 9.81. The number of allylic oxidation sites excluding steroid dienone is 1. The maximum atomic E-state index is 13.8. The molecule has 2 aliphatic heterocycles. The predicted molar refractivity (Wildman–Crippen MR) is 168 cm³/mol. The normalized spacial score (nSPS) is 16.7. The van der Waals surface area contributed by atoms with Gasteiger partial charge in [-0.25, -0.2) is 9.59 Å². The molecule has 1 saturated heterocycles. The van der Waals surface area contributed by atoms with Gasteiger partial charge < -0.3 is 31.5 Å². The quantitative estimate of drug-likeness (QED) is 0.205. The SMILES string of the molecule is CC1=C(C(=O)OC(C)C)C(c2cccc([N+](=O)[O-])c2)C(C(=O)OC2CN(C(c3ccccc3)c3ccccc3)C2)=C(N)N1.O.O. The number of likely N-dealkylation sites (tertiary alicyclic amines) is 1. The number of nitro groups is 1. The first-order chi connectivity index (χ1) is 20.6. The van der Waals surface area contributed by atoms with E-state index in [-0.39, 0.29) is 39.6 Å². The molecule has 1 fully saturated rings. The van der Waals surface area contributed by atoms with Crippen molar-refractivity contribution >= 4 is 17.6 Å². The Morgan fingerprint density at radius 3 is 2.02 bits per heavy atom. The molecule has 2 aliphatic rings. The first-order valence-electron chi connectivity index (χ1n) is 14.1. The van der Waals surface area contributed by atoms with E-state index in [2.05, 4.69) is 34.5 Å². The van der Waals surface area contributed by atoms with Gasteiger partial charge in [0.2, 0.25) is 0 Å². The number of hydrogen-bond donors (Lipinski definition) is 2. The van der Waals surface area contributed by atoms with E-state index in [1.54, 1.807) is 26.8 Å². The second kappa shape index (κ2) is 14.6. The van der Waals surface area contributed by atoms with E-state index in [9.17, 15) is 19.7 Å². The number of nitrogens with one attached hydrogen (secondary N) is 1. The third-order valence-electron chi connectivity index (χ3n) is 7.54. The van der Waals surface area contributed by atoms with E-state index in [0.717, 1.165) is 11.1 Å². The molecule has 1 atom stereocenters. The molecule has 7 N–H and O–H groups in total. The summed E-state index contributed by atoms with van der Waals surface area (Å²) in [5.41, 5.74) is 9.31. The monoisotopic (exact) mass is 618 g/mol. The molecule has 0 saturated carbocycles. The summed E-state index contributed by atoms with van der Waals surface area (Å²) in [5, 5.41) is 14.5. The van der Waals surface area contributed by atoms with E-state index in [1.165, 1.54) is 18.2 Å². The number of carbonyl (C=O) groups is 2. The lowest BCUT2D eigenvalue weighted by Crippen LogP contribution is -2.54. The molecular formula is C33H38N4O8. The summed E-state index contributed by atoms with van der Waals surface area (Å²) in [5.74, 6) is -2.37. The first-order valence-corrected chi connectivity index (χ1v) is 14.1. The number of nitrogens with zero attached hydrogens (tertiary/aromatic N) is 2. The zero-order valence-corrected chi connectivity index (χ0v) is 25.2. The molecule has 0 spiro atoms. The largest absolute Gasteiger partial charge is 0.460 e. The van der Waals surface area contributed by atoms with Crippen LogP contribution < -0.4 is 11.1 Å². The highest BCUT2D eigenvalue weighted by atomic mass is 16.6. The Morgan fingerprint density at radius 1 is 0.911 bits per heavy atom. The summed E-state index contributed by atoms with van der Waals surface area (Å²) in [4.78, 5) is 40.4. The van der Waals surface area contributed by atoms with E-state index >= 15 is 0 Å². The second-order valence-corrected chi connectivity index (χ2v) is 10.9. The molecule has 3 aromatic carbocycles. The summed E-state index contributed by atoms with van der Waals surface area (Å²) < 4.78 is 11.5. The number of dihydropyridines is 1. The number of hydrogen-bond acceptors (Lipinski definition) is 9. The fourth-order valence-electron chi connectivity index (χ4n) is 5.64. The zero-order valence-electron chi connectivity index (χ0n) is 25.2. The van der Waals surface area contributed by atoms with E-state index in [1.807, 2.05) is 36.4 Å². The zero-order chi connectivity index (χ0) is 30.7. The van der Waals surface area contributed by atoms with Crippen LogP contribution in [0.15, 0.2) is 108 Å². The minimum absolute atomic E-state index is 0. The Morgan fingerprint density at radius 2 is 1.49 bits per heavy atom. The Hall–Kier alpha value is -5.04. The maximum absolute atomic E-state index is 13.8. The van der Waals surface area contributed by atoms with Crippen molar-refractivity contribution in [1.82, 2.24) is 10.2 Å². The molecule has 3 aromatic rings. The van der Waals surface area contributed by atoms with E-state index in [4.69, 9.17) is 15.2 Å². The molecule has 1 unspecified atom stereocenters. The number of carbonyl (C=O) groups excluding carboxylic acids is 2. The van der Waals surface area contributed by atoms with Crippen molar-refractivity contribution in [2.75, 3.05) is 13.1 Å². The smallest absolute Gasteiger partial charge is 0.339 e. The van der Waals surface area contributed by atoms with Crippen LogP contribution in [-0.4, -0.2) is 58.0 Å². The number of esters is 2. The van der Waals surface area contributed by atoms with Crippen LogP contribution in [0.25, 0.3) is 0 Å². The number of benzene rings is 3. The summed E-state index contributed by atoms with van der Waals surface area (Å²) in [6.07, 6.45) is -0.855. The van der Waals surface area contributed by atoms with Gasteiger partial charge in [0.15, 0.2) is 0 Å². The number of nitrogens with two attached hydrogens (primary N) is 1. The molecule has 12 heteroatoms. The van der Waals surface area contributed by atoms with Crippen LogP contribution in [0.4, 0.5) is 5.69 Å². The maximum Gasteiger partial charge on any atom is 0.339 e. The van der Waals surface area contributed by atoms with E-state index in [0.29, 0.717) is 24.4 Å². The Labute approximate surface area is 260 Å². The molecule has 45 heavy (non-hydrogen) atoms. The number of non-ortho nitro benzene ring substituents is 1. The van der Waals surface area contributed by atoms with Crippen molar-refractivity contribution < 1.29 is 34.9 Å². The second-order valence-electron chi connectivity index (χ2n) is 10.9. The minimum Gasteiger partial charge on any atom is -0.460 e. The van der Waals surface area contributed by atoms with Crippen molar-refractivity contribution in [2.24, 2.45) is 5.73 Å². The van der Waals surface area contributed by atoms with Gasteiger partial charge in [-0.2, -0.15) is 0 Å². The van der Waals surface area contributed by atoms with Gasteiger partial charge in [-0.3, -0.25) is 15.0 Å². The fourth-order valence-corrected chi connectivity index (χ4v) is 5.64. The molecule has 0 aliphatic carbocycles. The van der Waals surface area contributed by atoms with Crippen LogP contribution >= 0.6 is 0 Å². The van der Waals surface area contributed by atoms with Gasteiger partial charge in [0, 0.05) is 30.9 Å². The van der Waals surface area contributed by atoms with E-state index < -0.39 is 35.0 Å². The molecule has 238 valence electrons. The van der Waals surface area contributed by atoms with Gasteiger partial charge in [-0.05, 0) is 37.5 Å². The third-order valence-corrected chi connectivity index (χ3v) is 7.54. The van der Waals surface area contributed by atoms with Gasteiger partial charge in [-0.1, -0.05) is 72.8 Å². The van der Waals surface area contributed by atoms with Crippen LogP contribution in [0, 0.1) is 10.1 Å². The number of rotatable bonds is 9. The van der Waals surface area contributed by atoms with Gasteiger partial charge in [0.05, 0.1) is 34.1 Å². The summed E-state index contributed by atoms with van der Waals surface area (Å²) in [6.45, 7) is 6.05. The standard InChI is InChI=1S/C33H34N4O6.2H2O/c1-20(2)42-32(38)27-21(3)35-31(34)29(28(27)24-15-10-16-25(17-24)37(40)41)33(39)43-26-18-36(19-26)30(22-11-6-4-7-12-22)23-13-8-5-9-14-23;;/h4-17,20,26,28,30,35H,18-19,34H2,1-3H3;2*1H2. The number of ether oxygens (including phenoxy) is 2. The first kappa shape index (κ1) is 34.5. The lowest BCUT2D eigenvalue weighted by Gasteiger charge is -2.44. The third kappa shape index (κ3) is 7.37. The van der Waals surface area contributed by atoms with Crippen molar-refractivity contribution in [3.8, 4) is 0 Å². The minimum atomic E-state index is -1.03. The summed E-state index contributed by atoms with van der Waals surface area (Å²) in [7, 11) is 0. The summed E-state index contributed by atoms with van der Waals surface area (Å²) in [6, 6.07) is 26.0. The van der Waals surface area contributed by atoms with Gasteiger partial charge >= 0.3 is 11.9 Å². The van der Waals surface area contributed by atoms with Crippen LogP contribution in [0.2, 0.25) is 0 Å². The molecular weight excluding hydrogens is 580 g/mol. The van der Waals surface area contributed by atoms with Crippen LogP contribution in [0.3, 0.4) is 0 Å². The molecule has 0 radical (unpaired) electrons. The lowest BCUT2D eigenvalue weighted by molar-refractivity contribution is -0.384. The molecule has 0 bridgehead atoms. The molecule has 2 heterocycles. The topological polar surface area (TPSA) is 200 Å². The fraction of sp³-hybridized carbons (Fsp3) is 0.273. The summed E-state index contributed by atoms with van der Waals surface area (Å²) >= 11 is 0. The Bertz CT molecular complexity index is 1540. The predicted octanol–water partition coefficient (Wildman–Crippen LogP) is 3.05. The van der Waals surface area contributed by atoms with Crippen molar-refractivity contribution in [2.45, 2.75) is 44.9 Å². The van der Waals surface area contributed by atoms with Crippen molar-refractivity contribution in [3.63, 3.8) is 0 Å². The number of nitro benzene ring substituents is 1. The average molecular weight is 619 g/mol. The molecule has 0 amide bonds. The Balaban J connectivity index is 0.00000276. The molecule has 12 nitrogen and oxygen atoms in total. The van der Waals surface area contributed by atoms with Gasteiger partial charge in [-0.15, -0.1) is 0 Å². The Kier molecular flexibility index (Phi) is 11.2. The van der Waals surface area contributed by atoms with Crippen molar-refractivity contribution in [1.29, 1.82) is 0 Å². The van der Waals surface area contributed by atoms with Gasteiger partial charge in [0.1, 0.15) is 11.9 Å². The van der Waals surface area contributed by atoms with Crippen LogP contribution in [0.5, 0.6) is 0 Å². The van der Waals surface area contributed by atoms with Crippen LogP contribution in [-0.2, 0) is 19.1 Å². The average Bonchev–Trinajstić information content (AvgIpc) is 2.96.